The highest BCUT2D eigenvalue weighted by atomic mass is 31.2. The van der Waals surface area contributed by atoms with E-state index >= 15 is 0 Å². The summed E-state index contributed by atoms with van der Waals surface area (Å²) in [6.07, 6.45) is 20.1. The molecule has 0 saturated heterocycles. The van der Waals surface area contributed by atoms with Crippen molar-refractivity contribution >= 4 is 19.8 Å². The van der Waals surface area contributed by atoms with Crippen molar-refractivity contribution in [2.45, 2.75) is 148 Å². The van der Waals surface area contributed by atoms with Crippen LogP contribution in [0.2, 0.25) is 0 Å². The van der Waals surface area contributed by atoms with Gasteiger partial charge in [-0.2, -0.15) is 0 Å². The first-order chi connectivity index (χ1) is 17.3. The molecule has 0 spiro atoms. The van der Waals surface area contributed by atoms with Gasteiger partial charge in [-0.05, 0) is 12.8 Å². The molecule has 0 aromatic carbocycles. The van der Waals surface area contributed by atoms with Crippen LogP contribution in [0.25, 0.3) is 0 Å². The van der Waals surface area contributed by atoms with Crippen LogP contribution in [-0.2, 0) is 28.2 Å². The van der Waals surface area contributed by atoms with Crippen molar-refractivity contribution in [3.63, 3.8) is 0 Å². The molecular formula is C27H53O8P. The lowest BCUT2D eigenvalue weighted by molar-refractivity contribution is -0.161. The van der Waals surface area contributed by atoms with Gasteiger partial charge in [0.05, 0.1) is 6.61 Å². The van der Waals surface area contributed by atoms with E-state index in [2.05, 4.69) is 18.4 Å². The molecular weight excluding hydrogens is 483 g/mol. The van der Waals surface area contributed by atoms with Gasteiger partial charge in [0.15, 0.2) is 6.10 Å². The summed E-state index contributed by atoms with van der Waals surface area (Å²) < 4.78 is 25.9. The van der Waals surface area contributed by atoms with Crippen LogP contribution >= 0.6 is 7.82 Å². The number of hydrogen-bond donors (Lipinski definition) is 2. The van der Waals surface area contributed by atoms with Gasteiger partial charge in [0.2, 0.25) is 0 Å². The van der Waals surface area contributed by atoms with Gasteiger partial charge in [-0.15, -0.1) is 0 Å². The van der Waals surface area contributed by atoms with Gasteiger partial charge < -0.3 is 19.3 Å². The summed E-state index contributed by atoms with van der Waals surface area (Å²) in [5.74, 6) is -0.895. The molecule has 214 valence electrons. The molecule has 0 fully saturated rings. The summed E-state index contributed by atoms with van der Waals surface area (Å²) in [6.45, 7) is 3.55. The Bertz CT molecular complexity index is 578. The summed E-state index contributed by atoms with van der Waals surface area (Å²) in [6, 6.07) is 0. The highest BCUT2D eigenvalue weighted by molar-refractivity contribution is 7.46. The third kappa shape index (κ3) is 26.1. The standard InChI is InChI=1S/C27H53O8P/c1-3-5-7-9-10-11-12-13-14-15-16-18-20-22-27(29)35-25(24-34-36(30,31)32)23-33-26(28)21-19-17-8-6-4-2/h25H,3-24H2,1-2H3,(H2,30,31,32). The first-order valence-electron chi connectivity index (χ1n) is 14.3. The summed E-state index contributed by atoms with van der Waals surface area (Å²) >= 11 is 0. The molecule has 8 nitrogen and oxygen atoms in total. The summed E-state index contributed by atoms with van der Waals surface area (Å²) in [7, 11) is -4.72. The minimum atomic E-state index is -4.72. The molecule has 1 atom stereocenters. The lowest BCUT2D eigenvalue weighted by Crippen LogP contribution is -2.29. The Hall–Kier alpha value is -0.950. The van der Waals surface area contributed by atoms with Crippen LogP contribution < -0.4 is 0 Å². The van der Waals surface area contributed by atoms with Crippen molar-refractivity contribution in [1.29, 1.82) is 0 Å². The molecule has 0 saturated carbocycles. The second kappa shape index (κ2) is 24.4. The quantitative estimate of drug-likeness (QED) is 0.0667. The molecule has 0 aliphatic rings. The number of phosphoric ester groups is 1. The van der Waals surface area contributed by atoms with Gasteiger partial charge in [-0.1, -0.05) is 117 Å². The van der Waals surface area contributed by atoms with Crippen molar-refractivity contribution in [1.82, 2.24) is 0 Å². The van der Waals surface area contributed by atoms with Crippen LogP contribution in [0.3, 0.4) is 0 Å². The third-order valence-corrected chi connectivity index (χ3v) is 6.61. The first kappa shape index (κ1) is 35.0. The molecule has 0 rings (SSSR count). The van der Waals surface area contributed by atoms with Crippen LogP contribution in [0.4, 0.5) is 0 Å². The summed E-state index contributed by atoms with van der Waals surface area (Å²) in [5.41, 5.74) is 0. The molecule has 0 aliphatic carbocycles. The minimum Gasteiger partial charge on any atom is -0.462 e. The molecule has 0 radical (unpaired) electrons. The Balaban J connectivity index is 3.99. The number of carbonyl (C=O) groups excluding carboxylic acids is 2. The Morgan fingerprint density at radius 1 is 0.611 bits per heavy atom. The van der Waals surface area contributed by atoms with Crippen molar-refractivity contribution < 1.29 is 37.9 Å². The molecule has 36 heavy (non-hydrogen) atoms. The molecule has 0 aromatic heterocycles. The lowest BCUT2D eigenvalue weighted by atomic mass is 10.0. The normalized spacial score (nSPS) is 12.4. The SMILES string of the molecule is CCCCCCCCCCCCCCCC(=O)OC(COC(=O)CCCCCCC)COP(=O)(O)O. The number of unbranched alkanes of at least 4 members (excludes halogenated alkanes) is 16. The largest absolute Gasteiger partial charge is 0.469 e. The van der Waals surface area contributed by atoms with Gasteiger partial charge in [0, 0.05) is 12.8 Å². The Labute approximate surface area is 219 Å². The van der Waals surface area contributed by atoms with Gasteiger partial charge in [-0.3, -0.25) is 14.1 Å². The zero-order valence-electron chi connectivity index (χ0n) is 22.9. The first-order valence-corrected chi connectivity index (χ1v) is 15.9. The van der Waals surface area contributed by atoms with E-state index in [1.165, 1.54) is 57.8 Å². The van der Waals surface area contributed by atoms with E-state index in [-0.39, 0.29) is 19.4 Å². The smallest absolute Gasteiger partial charge is 0.462 e. The fourth-order valence-corrected chi connectivity index (χ4v) is 4.32. The zero-order valence-corrected chi connectivity index (χ0v) is 23.8. The van der Waals surface area contributed by atoms with Gasteiger partial charge in [0.1, 0.15) is 6.61 Å². The van der Waals surface area contributed by atoms with Crippen molar-refractivity contribution in [3.05, 3.63) is 0 Å². The Morgan fingerprint density at radius 3 is 1.42 bits per heavy atom. The maximum atomic E-state index is 12.2. The number of ether oxygens (including phenoxy) is 2. The third-order valence-electron chi connectivity index (χ3n) is 6.13. The molecule has 2 N–H and O–H groups in total. The topological polar surface area (TPSA) is 119 Å². The number of hydrogen-bond acceptors (Lipinski definition) is 6. The molecule has 0 amide bonds. The number of carbonyl (C=O) groups is 2. The van der Waals surface area contributed by atoms with E-state index in [4.69, 9.17) is 19.3 Å². The molecule has 0 heterocycles. The highest BCUT2D eigenvalue weighted by Crippen LogP contribution is 2.35. The Morgan fingerprint density at radius 2 is 1.00 bits per heavy atom. The summed E-state index contributed by atoms with van der Waals surface area (Å²) in [4.78, 5) is 42.0. The molecule has 0 bridgehead atoms. The van der Waals surface area contributed by atoms with Gasteiger partial charge in [-0.25, -0.2) is 4.57 Å². The van der Waals surface area contributed by atoms with Crippen LogP contribution in [0, 0.1) is 0 Å². The van der Waals surface area contributed by atoms with E-state index in [0.29, 0.717) is 6.42 Å². The van der Waals surface area contributed by atoms with E-state index in [0.717, 1.165) is 51.4 Å². The number of phosphoric acid groups is 1. The lowest BCUT2D eigenvalue weighted by Gasteiger charge is -2.18. The van der Waals surface area contributed by atoms with E-state index in [9.17, 15) is 14.2 Å². The fourth-order valence-electron chi connectivity index (χ4n) is 3.96. The predicted molar refractivity (Wildman–Crippen MR) is 143 cm³/mol. The molecule has 9 heteroatoms. The van der Waals surface area contributed by atoms with Crippen LogP contribution in [-0.4, -0.2) is 41.0 Å². The van der Waals surface area contributed by atoms with E-state index in [1.54, 1.807) is 0 Å². The van der Waals surface area contributed by atoms with Crippen LogP contribution in [0.1, 0.15) is 142 Å². The van der Waals surface area contributed by atoms with Crippen molar-refractivity contribution in [2.75, 3.05) is 13.2 Å². The monoisotopic (exact) mass is 536 g/mol. The highest BCUT2D eigenvalue weighted by Gasteiger charge is 2.22. The second-order valence-electron chi connectivity index (χ2n) is 9.74. The second-order valence-corrected chi connectivity index (χ2v) is 11.0. The van der Waals surface area contributed by atoms with Gasteiger partial charge >= 0.3 is 19.8 Å². The average molecular weight is 537 g/mol. The number of esters is 2. The van der Waals surface area contributed by atoms with Crippen molar-refractivity contribution in [2.24, 2.45) is 0 Å². The zero-order chi connectivity index (χ0) is 26.9. The molecule has 0 aromatic rings. The minimum absolute atomic E-state index is 0.218. The fraction of sp³-hybridized carbons (Fsp3) is 0.926. The van der Waals surface area contributed by atoms with Crippen molar-refractivity contribution in [3.8, 4) is 0 Å². The molecule has 0 aliphatic heterocycles. The number of rotatable bonds is 26. The van der Waals surface area contributed by atoms with E-state index < -0.39 is 32.5 Å². The predicted octanol–water partition coefficient (Wildman–Crippen LogP) is 7.39. The van der Waals surface area contributed by atoms with Crippen LogP contribution in [0.15, 0.2) is 0 Å². The maximum Gasteiger partial charge on any atom is 0.469 e. The molecule has 1 unspecified atom stereocenters. The average Bonchev–Trinajstić information content (AvgIpc) is 2.83. The van der Waals surface area contributed by atoms with Crippen LogP contribution in [0.5, 0.6) is 0 Å². The van der Waals surface area contributed by atoms with E-state index in [1.807, 2.05) is 0 Å². The van der Waals surface area contributed by atoms with Gasteiger partial charge in [0.25, 0.3) is 0 Å². The summed E-state index contributed by atoms with van der Waals surface area (Å²) in [5, 5.41) is 0. The maximum absolute atomic E-state index is 12.2. The Kier molecular flexibility index (Phi) is 23.7.